The van der Waals surface area contributed by atoms with E-state index < -0.39 is 0 Å². The maximum Gasteiger partial charge on any atom is 0.260 e. The standard InChI is InChI=1S/C19H20N4O2/c20-13-16-1-3-18(4-2-16)25-15-19(24)23-11-9-22(10-12-23)14-17-5-7-21-8-6-17/h1-8H,9-12,14-15H2. The van der Waals surface area contributed by atoms with Gasteiger partial charge in [0, 0.05) is 45.1 Å². The van der Waals surface area contributed by atoms with Crippen LogP contribution in [-0.2, 0) is 11.3 Å². The number of pyridine rings is 1. The molecule has 1 amide bonds. The van der Waals surface area contributed by atoms with Gasteiger partial charge in [-0.1, -0.05) is 0 Å². The maximum absolute atomic E-state index is 12.3. The zero-order chi connectivity index (χ0) is 17.5. The van der Waals surface area contributed by atoms with Crippen LogP contribution in [0.15, 0.2) is 48.8 Å². The molecule has 0 N–H and O–H groups in total. The Morgan fingerprint density at radius 3 is 2.40 bits per heavy atom. The Kier molecular flexibility index (Phi) is 5.60. The molecular weight excluding hydrogens is 316 g/mol. The van der Waals surface area contributed by atoms with Gasteiger partial charge in [-0.2, -0.15) is 5.26 Å². The molecule has 3 rings (SSSR count). The molecule has 0 saturated carbocycles. The minimum Gasteiger partial charge on any atom is -0.484 e. The van der Waals surface area contributed by atoms with E-state index in [1.54, 1.807) is 36.7 Å². The van der Waals surface area contributed by atoms with Crippen LogP contribution in [0, 0.1) is 11.3 Å². The van der Waals surface area contributed by atoms with Crippen molar-refractivity contribution in [1.29, 1.82) is 5.26 Å². The molecule has 0 bridgehead atoms. The second-order valence-electron chi connectivity index (χ2n) is 5.94. The number of nitriles is 1. The second kappa shape index (κ2) is 8.27. The summed E-state index contributed by atoms with van der Waals surface area (Å²) in [6.07, 6.45) is 3.60. The molecule has 0 aliphatic carbocycles. The molecule has 25 heavy (non-hydrogen) atoms. The summed E-state index contributed by atoms with van der Waals surface area (Å²) >= 11 is 0. The van der Waals surface area contributed by atoms with E-state index in [1.807, 2.05) is 17.0 Å². The van der Waals surface area contributed by atoms with Gasteiger partial charge in [0.25, 0.3) is 5.91 Å². The molecule has 0 radical (unpaired) electrons. The Balaban J connectivity index is 1.42. The summed E-state index contributed by atoms with van der Waals surface area (Å²) in [5.74, 6) is 0.594. The fraction of sp³-hybridized carbons (Fsp3) is 0.316. The van der Waals surface area contributed by atoms with Crippen LogP contribution in [0.3, 0.4) is 0 Å². The highest BCUT2D eigenvalue weighted by molar-refractivity contribution is 5.77. The number of amides is 1. The molecule has 1 aromatic carbocycles. The van der Waals surface area contributed by atoms with E-state index in [-0.39, 0.29) is 12.5 Å². The first-order valence-corrected chi connectivity index (χ1v) is 8.26. The Morgan fingerprint density at radius 1 is 1.08 bits per heavy atom. The van der Waals surface area contributed by atoms with Gasteiger partial charge in [-0.15, -0.1) is 0 Å². The number of carbonyl (C=O) groups is 1. The number of nitrogens with zero attached hydrogens (tertiary/aromatic N) is 4. The third-order valence-electron chi connectivity index (χ3n) is 4.23. The zero-order valence-electron chi connectivity index (χ0n) is 14.0. The molecule has 1 saturated heterocycles. The quantitative estimate of drug-likeness (QED) is 0.831. The smallest absolute Gasteiger partial charge is 0.260 e. The fourth-order valence-corrected chi connectivity index (χ4v) is 2.76. The minimum absolute atomic E-state index is 0.00655. The number of hydrogen-bond donors (Lipinski definition) is 0. The average molecular weight is 336 g/mol. The lowest BCUT2D eigenvalue weighted by Crippen LogP contribution is -2.49. The minimum atomic E-state index is -0.00655. The Labute approximate surface area is 147 Å². The van der Waals surface area contributed by atoms with E-state index >= 15 is 0 Å². The molecule has 2 aromatic rings. The summed E-state index contributed by atoms with van der Waals surface area (Å²) in [4.78, 5) is 20.5. The molecule has 6 heteroatoms. The maximum atomic E-state index is 12.3. The fourth-order valence-electron chi connectivity index (χ4n) is 2.76. The molecule has 1 fully saturated rings. The summed E-state index contributed by atoms with van der Waals surface area (Å²) < 4.78 is 5.52. The van der Waals surface area contributed by atoms with Crippen molar-refractivity contribution >= 4 is 5.91 Å². The SMILES string of the molecule is N#Cc1ccc(OCC(=O)N2CCN(Cc3ccncc3)CC2)cc1. The predicted octanol–water partition coefficient (Wildman–Crippen LogP) is 1.68. The molecule has 128 valence electrons. The van der Waals surface area contributed by atoms with Crippen LogP contribution in [0.5, 0.6) is 5.75 Å². The Hall–Kier alpha value is -2.91. The van der Waals surface area contributed by atoms with Gasteiger partial charge in [0.05, 0.1) is 11.6 Å². The molecule has 1 aromatic heterocycles. The largest absolute Gasteiger partial charge is 0.484 e. The van der Waals surface area contributed by atoms with Crippen LogP contribution in [0.25, 0.3) is 0 Å². The van der Waals surface area contributed by atoms with E-state index in [0.717, 1.165) is 19.6 Å². The average Bonchev–Trinajstić information content (AvgIpc) is 2.68. The molecule has 1 aliphatic heterocycles. The first-order valence-electron chi connectivity index (χ1n) is 8.26. The summed E-state index contributed by atoms with van der Waals surface area (Å²) in [6, 6.07) is 12.9. The van der Waals surface area contributed by atoms with Crippen LogP contribution in [-0.4, -0.2) is 53.5 Å². The number of piperazine rings is 1. The van der Waals surface area contributed by atoms with Gasteiger partial charge < -0.3 is 9.64 Å². The third-order valence-corrected chi connectivity index (χ3v) is 4.23. The van der Waals surface area contributed by atoms with Gasteiger partial charge in [0.2, 0.25) is 0 Å². The highest BCUT2D eigenvalue weighted by Gasteiger charge is 2.21. The van der Waals surface area contributed by atoms with Crippen LogP contribution >= 0.6 is 0 Å². The van der Waals surface area contributed by atoms with Gasteiger partial charge in [0.1, 0.15) is 5.75 Å². The number of rotatable bonds is 5. The molecule has 2 heterocycles. The van der Waals surface area contributed by atoms with Crippen LogP contribution in [0.4, 0.5) is 0 Å². The molecular formula is C19H20N4O2. The van der Waals surface area contributed by atoms with Crippen molar-refractivity contribution in [1.82, 2.24) is 14.8 Å². The first-order chi connectivity index (χ1) is 12.2. The van der Waals surface area contributed by atoms with Gasteiger partial charge in [-0.25, -0.2) is 0 Å². The van der Waals surface area contributed by atoms with Gasteiger partial charge >= 0.3 is 0 Å². The lowest BCUT2D eigenvalue weighted by atomic mass is 10.2. The molecule has 0 spiro atoms. The van der Waals surface area contributed by atoms with Crippen LogP contribution in [0.2, 0.25) is 0 Å². The number of carbonyl (C=O) groups excluding carboxylic acids is 1. The van der Waals surface area contributed by atoms with Crippen molar-refractivity contribution in [3.05, 3.63) is 59.9 Å². The second-order valence-corrected chi connectivity index (χ2v) is 5.94. The highest BCUT2D eigenvalue weighted by atomic mass is 16.5. The van der Waals surface area contributed by atoms with Gasteiger partial charge in [0.15, 0.2) is 6.61 Å². The lowest BCUT2D eigenvalue weighted by molar-refractivity contribution is -0.135. The van der Waals surface area contributed by atoms with Crippen LogP contribution in [0.1, 0.15) is 11.1 Å². The van der Waals surface area contributed by atoms with Gasteiger partial charge in [-0.3, -0.25) is 14.7 Å². The highest BCUT2D eigenvalue weighted by Crippen LogP contribution is 2.12. The van der Waals surface area contributed by atoms with Crippen molar-refractivity contribution < 1.29 is 9.53 Å². The first kappa shape index (κ1) is 16.9. The van der Waals surface area contributed by atoms with E-state index in [9.17, 15) is 4.79 Å². The monoisotopic (exact) mass is 336 g/mol. The zero-order valence-corrected chi connectivity index (χ0v) is 14.0. The number of benzene rings is 1. The normalized spacial score (nSPS) is 14.8. The van der Waals surface area contributed by atoms with Crippen molar-refractivity contribution in [2.75, 3.05) is 32.8 Å². The van der Waals surface area contributed by atoms with Crippen molar-refractivity contribution in [3.63, 3.8) is 0 Å². The van der Waals surface area contributed by atoms with Crippen molar-refractivity contribution in [2.24, 2.45) is 0 Å². The Bertz CT molecular complexity index is 732. The summed E-state index contributed by atoms with van der Waals surface area (Å²) in [5.41, 5.74) is 1.81. The summed E-state index contributed by atoms with van der Waals surface area (Å²) in [7, 11) is 0. The third kappa shape index (κ3) is 4.78. The molecule has 0 atom stereocenters. The van der Waals surface area contributed by atoms with Crippen LogP contribution < -0.4 is 4.74 Å². The van der Waals surface area contributed by atoms with E-state index in [0.29, 0.717) is 24.4 Å². The van der Waals surface area contributed by atoms with Crippen molar-refractivity contribution in [3.8, 4) is 11.8 Å². The predicted molar refractivity (Wildman–Crippen MR) is 92.7 cm³/mol. The number of hydrogen-bond acceptors (Lipinski definition) is 5. The lowest BCUT2D eigenvalue weighted by Gasteiger charge is -2.34. The molecule has 1 aliphatic rings. The summed E-state index contributed by atoms with van der Waals surface area (Å²) in [5, 5.41) is 8.77. The summed E-state index contributed by atoms with van der Waals surface area (Å²) in [6.45, 7) is 4.03. The number of ether oxygens (including phenoxy) is 1. The molecule has 6 nitrogen and oxygen atoms in total. The Morgan fingerprint density at radius 2 is 1.76 bits per heavy atom. The van der Waals surface area contributed by atoms with E-state index in [4.69, 9.17) is 10.00 Å². The van der Waals surface area contributed by atoms with Gasteiger partial charge in [-0.05, 0) is 42.0 Å². The van der Waals surface area contributed by atoms with E-state index in [1.165, 1.54) is 5.56 Å². The molecule has 0 unspecified atom stereocenters. The number of aromatic nitrogens is 1. The topological polar surface area (TPSA) is 69.5 Å². The van der Waals surface area contributed by atoms with Crippen molar-refractivity contribution in [2.45, 2.75) is 6.54 Å². The van der Waals surface area contributed by atoms with E-state index in [2.05, 4.69) is 16.0 Å².